The Hall–Kier alpha value is -2.08. The highest BCUT2D eigenvalue weighted by Gasteiger charge is 2.27. The largest absolute Gasteiger partial charge is 0.0622 e. The van der Waals surface area contributed by atoms with Gasteiger partial charge in [0.1, 0.15) is 0 Å². The molecule has 0 aliphatic heterocycles. The molecule has 0 radical (unpaired) electrons. The summed E-state index contributed by atoms with van der Waals surface area (Å²) in [5.41, 5.74) is 3.06. The van der Waals surface area contributed by atoms with Crippen molar-refractivity contribution < 1.29 is 0 Å². The number of fused-ring (bicyclic) bond motifs is 1. The molecule has 24 heavy (non-hydrogen) atoms. The van der Waals surface area contributed by atoms with E-state index >= 15 is 0 Å². The summed E-state index contributed by atoms with van der Waals surface area (Å²) < 4.78 is 0. The Kier molecular flexibility index (Phi) is 4.38. The topological polar surface area (TPSA) is 0 Å². The third-order valence-corrected chi connectivity index (χ3v) is 5.85. The van der Waals surface area contributed by atoms with Crippen molar-refractivity contribution in [2.45, 2.75) is 44.4 Å². The highest BCUT2D eigenvalue weighted by Crippen LogP contribution is 2.43. The van der Waals surface area contributed by atoms with Gasteiger partial charge in [-0.25, -0.2) is 0 Å². The first-order chi connectivity index (χ1) is 11.8. The van der Waals surface area contributed by atoms with Crippen molar-refractivity contribution in [2.75, 3.05) is 0 Å². The van der Waals surface area contributed by atoms with E-state index in [2.05, 4.69) is 79.7 Å². The molecule has 0 amide bonds. The third kappa shape index (κ3) is 3.11. The Morgan fingerprint density at radius 2 is 1.58 bits per heavy atom. The Morgan fingerprint density at radius 3 is 2.46 bits per heavy atom. The first-order valence-electron chi connectivity index (χ1n) is 9.34. The van der Waals surface area contributed by atoms with Crippen molar-refractivity contribution >= 4 is 10.8 Å². The fourth-order valence-corrected chi connectivity index (χ4v) is 4.62. The molecule has 0 nitrogen and oxygen atoms in total. The molecule has 3 atom stereocenters. The maximum absolute atomic E-state index is 2.41. The van der Waals surface area contributed by atoms with Crippen molar-refractivity contribution in [1.29, 1.82) is 0 Å². The van der Waals surface area contributed by atoms with Gasteiger partial charge in [0.25, 0.3) is 0 Å². The molecular weight excluding hydrogens is 288 g/mol. The minimum absolute atomic E-state index is 0.635. The fraction of sp³-hybridized carbons (Fsp3) is 0.333. The van der Waals surface area contributed by atoms with Crippen molar-refractivity contribution in [3.05, 3.63) is 83.9 Å². The second-order valence-electron chi connectivity index (χ2n) is 7.49. The minimum atomic E-state index is 0.635. The molecule has 0 bridgehead atoms. The number of rotatable bonds is 4. The second kappa shape index (κ2) is 6.81. The van der Waals surface area contributed by atoms with E-state index in [4.69, 9.17) is 0 Å². The number of benzene rings is 3. The highest BCUT2D eigenvalue weighted by atomic mass is 14.3. The summed E-state index contributed by atoms with van der Waals surface area (Å²) in [6.07, 6.45) is 5.42. The van der Waals surface area contributed by atoms with Gasteiger partial charge in [-0.2, -0.15) is 0 Å². The average molecular weight is 314 g/mol. The first-order valence-corrected chi connectivity index (χ1v) is 9.34. The monoisotopic (exact) mass is 314 g/mol. The smallest absolute Gasteiger partial charge is 0.0149 e. The molecule has 0 aromatic heterocycles. The van der Waals surface area contributed by atoms with E-state index in [9.17, 15) is 0 Å². The Labute approximate surface area is 145 Å². The summed E-state index contributed by atoms with van der Waals surface area (Å²) >= 11 is 0. The van der Waals surface area contributed by atoms with Gasteiger partial charge in [0, 0.05) is 0 Å². The predicted octanol–water partition coefficient (Wildman–Crippen LogP) is 6.92. The van der Waals surface area contributed by atoms with Crippen LogP contribution >= 0.6 is 0 Å². The molecule has 3 aromatic rings. The lowest BCUT2D eigenvalue weighted by atomic mass is 9.86. The standard InChI is InChI=1S/C24H26/c1-18(23-13-7-11-21-10-5-6-12-24(21)23)16-19-14-15-22(17-19)20-8-3-2-4-9-20/h2-13,18-19,22H,14-17H2,1H3/t18-,19+,22+/m0/s1. The van der Waals surface area contributed by atoms with Gasteiger partial charge >= 0.3 is 0 Å². The molecule has 3 aromatic carbocycles. The molecule has 0 unspecified atom stereocenters. The summed E-state index contributed by atoms with van der Waals surface area (Å²) in [4.78, 5) is 0. The zero-order chi connectivity index (χ0) is 16.4. The van der Waals surface area contributed by atoms with E-state index < -0.39 is 0 Å². The van der Waals surface area contributed by atoms with E-state index in [1.165, 1.54) is 47.6 Å². The molecule has 122 valence electrons. The van der Waals surface area contributed by atoms with E-state index in [1.807, 2.05) is 0 Å². The molecule has 0 heteroatoms. The molecule has 1 aliphatic carbocycles. The molecule has 0 heterocycles. The third-order valence-electron chi connectivity index (χ3n) is 5.85. The Balaban J connectivity index is 1.48. The maximum Gasteiger partial charge on any atom is -0.0149 e. The minimum Gasteiger partial charge on any atom is -0.0622 e. The van der Waals surface area contributed by atoms with Crippen LogP contribution in [-0.2, 0) is 0 Å². The van der Waals surface area contributed by atoms with Crippen LogP contribution in [0.2, 0.25) is 0 Å². The van der Waals surface area contributed by atoms with Gasteiger partial charge in [-0.05, 0) is 65.3 Å². The molecule has 4 rings (SSSR count). The first kappa shape index (κ1) is 15.4. The molecule has 1 saturated carbocycles. The van der Waals surface area contributed by atoms with Gasteiger partial charge in [0.05, 0.1) is 0 Å². The van der Waals surface area contributed by atoms with Gasteiger partial charge < -0.3 is 0 Å². The second-order valence-corrected chi connectivity index (χ2v) is 7.49. The highest BCUT2D eigenvalue weighted by molar-refractivity contribution is 5.86. The van der Waals surface area contributed by atoms with Crippen LogP contribution in [0.5, 0.6) is 0 Å². The summed E-state index contributed by atoms with van der Waals surface area (Å²) in [6, 6.07) is 26.7. The van der Waals surface area contributed by atoms with E-state index in [1.54, 1.807) is 0 Å². The summed E-state index contributed by atoms with van der Waals surface area (Å²) in [6.45, 7) is 2.41. The molecular formula is C24H26. The maximum atomic E-state index is 2.41. The lowest BCUT2D eigenvalue weighted by Crippen LogP contribution is -2.03. The lowest BCUT2D eigenvalue weighted by Gasteiger charge is -2.19. The quantitative estimate of drug-likeness (QED) is 0.490. The normalized spacial score (nSPS) is 21.9. The van der Waals surface area contributed by atoms with Gasteiger partial charge in [0.15, 0.2) is 0 Å². The zero-order valence-corrected chi connectivity index (χ0v) is 14.5. The SMILES string of the molecule is C[C@@H](C[C@H]1CC[C@@H](c2ccccc2)C1)c1cccc2ccccc12. The Morgan fingerprint density at radius 1 is 0.833 bits per heavy atom. The predicted molar refractivity (Wildman–Crippen MR) is 104 cm³/mol. The molecule has 1 aliphatic rings. The number of hydrogen-bond donors (Lipinski definition) is 0. The van der Waals surface area contributed by atoms with Crippen molar-refractivity contribution in [2.24, 2.45) is 5.92 Å². The molecule has 1 fully saturated rings. The van der Waals surface area contributed by atoms with Crippen LogP contribution in [0.3, 0.4) is 0 Å². The van der Waals surface area contributed by atoms with E-state index in [0.717, 1.165) is 11.8 Å². The van der Waals surface area contributed by atoms with Crippen LogP contribution in [0.4, 0.5) is 0 Å². The lowest BCUT2D eigenvalue weighted by molar-refractivity contribution is 0.456. The molecule has 0 spiro atoms. The fourth-order valence-electron chi connectivity index (χ4n) is 4.62. The Bertz CT molecular complexity index is 797. The van der Waals surface area contributed by atoms with E-state index in [-0.39, 0.29) is 0 Å². The van der Waals surface area contributed by atoms with E-state index in [0.29, 0.717) is 5.92 Å². The van der Waals surface area contributed by atoms with Crippen LogP contribution in [0.25, 0.3) is 10.8 Å². The van der Waals surface area contributed by atoms with Gasteiger partial charge in [-0.15, -0.1) is 0 Å². The molecule has 0 saturated heterocycles. The van der Waals surface area contributed by atoms with Crippen molar-refractivity contribution in [3.63, 3.8) is 0 Å². The number of hydrogen-bond acceptors (Lipinski definition) is 0. The summed E-state index contributed by atoms with van der Waals surface area (Å²) in [7, 11) is 0. The average Bonchev–Trinajstić information content (AvgIpc) is 3.10. The molecule has 0 N–H and O–H groups in total. The van der Waals surface area contributed by atoms with Gasteiger partial charge in [-0.3, -0.25) is 0 Å². The van der Waals surface area contributed by atoms with Gasteiger partial charge in [-0.1, -0.05) is 79.7 Å². The van der Waals surface area contributed by atoms with Crippen LogP contribution in [0.15, 0.2) is 72.8 Å². The van der Waals surface area contributed by atoms with Crippen LogP contribution in [0.1, 0.15) is 55.6 Å². The summed E-state index contributed by atoms with van der Waals surface area (Å²) in [5, 5.41) is 2.81. The summed E-state index contributed by atoms with van der Waals surface area (Å²) in [5.74, 6) is 2.27. The van der Waals surface area contributed by atoms with Crippen LogP contribution < -0.4 is 0 Å². The van der Waals surface area contributed by atoms with Gasteiger partial charge in [0.2, 0.25) is 0 Å². The zero-order valence-electron chi connectivity index (χ0n) is 14.5. The van der Waals surface area contributed by atoms with Crippen LogP contribution in [-0.4, -0.2) is 0 Å². The van der Waals surface area contributed by atoms with Crippen molar-refractivity contribution in [3.8, 4) is 0 Å². The van der Waals surface area contributed by atoms with Crippen molar-refractivity contribution in [1.82, 2.24) is 0 Å². The van der Waals surface area contributed by atoms with Crippen LogP contribution in [0, 0.1) is 5.92 Å².